The summed E-state index contributed by atoms with van der Waals surface area (Å²) in [6, 6.07) is 8.82. The maximum atomic E-state index is 6.26. The van der Waals surface area contributed by atoms with Crippen molar-refractivity contribution in [2.24, 2.45) is 10.7 Å². The number of rotatable bonds is 5. The Labute approximate surface area is 200 Å². The first-order chi connectivity index (χ1) is 14.2. The van der Waals surface area contributed by atoms with Gasteiger partial charge in [-0.25, -0.2) is 9.98 Å². The van der Waals surface area contributed by atoms with Crippen molar-refractivity contribution in [2.75, 3.05) is 64.3 Å². The van der Waals surface area contributed by atoms with E-state index in [-0.39, 0.29) is 24.0 Å². The summed E-state index contributed by atoms with van der Waals surface area (Å²) < 4.78 is 0. The van der Waals surface area contributed by atoms with Crippen LogP contribution >= 0.6 is 35.3 Å². The minimum absolute atomic E-state index is 0. The van der Waals surface area contributed by atoms with Crippen molar-refractivity contribution in [3.63, 3.8) is 0 Å². The molecule has 0 radical (unpaired) electrons. The van der Waals surface area contributed by atoms with E-state index in [0.29, 0.717) is 12.5 Å². The number of anilines is 1. The molecule has 3 heterocycles. The van der Waals surface area contributed by atoms with Crippen LogP contribution < -0.4 is 10.6 Å². The summed E-state index contributed by atoms with van der Waals surface area (Å²) in [6.07, 6.45) is 1.86. The zero-order valence-electron chi connectivity index (χ0n) is 17.6. The third kappa shape index (κ3) is 6.29. The number of likely N-dealkylation sites (N-methyl/N-ethyl adjacent to an activating group) is 1. The van der Waals surface area contributed by atoms with Crippen LogP contribution in [-0.4, -0.2) is 85.0 Å². The Kier molecular flexibility index (Phi) is 8.72. The van der Waals surface area contributed by atoms with Gasteiger partial charge in [0.05, 0.1) is 6.54 Å². The molecule has 164 valence electrons. The molecule has 0 aliphatic carbocycles. The highest BCUT2D eigenvalue weighted by atomic mass is 127. The number of piperazine rings is 2. The lowest BCUT2D eigenvalue weighted by atomic mass is 10.1. The fourth-order valence-corrected chi connectivity index (χ4v) is 4.48. The summed E-state index contributed by atoms with van der Waals surface area (Å²) in [4.78, 5) is 18.4. The molecule has 0 unspecified atom stereocenters. The van der Waals surface area contributed by atoms with Gasteiger partial charge in [-0.3, -0.25) is 4.90 Å². The average Bonchev–Trinajstić information content (AvgIpc) is 3.30. The molecular formula is C21H32IN7S. The Bertz CT molecular complexity index is 780. The summed E-state index contributed by atoms with van der Waals surface area (Å²) in [5, 5.41) is 3.12. The second kappa shape index (κ2) is 11.3. The van der Waals surface area contributed by atoms with Crippen LogP contribution in [0.2, 0.25) is 0 Å². The van der Waals surface area contributed by atoms with Crippen molar-refractivity contribution in [1.82, 2.24) is 19.7 Å². The maximum Gasteiger partial charge on any atom is 0.191 e. The molecule has 1 aromatic heterocycles. The highest BCUT2D eigenvalue weighted by Gasteiger charge is 2.19. The van der Waals surface area contributed by atoms with Gasteiger partial charge in [0.15, 0.2) is 11.1 Å². The Balaban J connectivity index is 0.00000256. The first-order valence-electron chi connectivity index (χ1n) is 10.4. The smallest absolute Gasteiger partial charge is 0.191 e. The summed E-state index contributed by atoms with van der Waals surface area (Å²) >= 11 is 1.69. The summed E-state index contributed by atoms with van der Waals surface area (Å²) in [7, 11) is 2.19. The van der Waals surface area contributed by atoms with E-state index >= 15 is 0 Å². The number of halogens is 1. The number of aromatic nitrogens is 1. The van der Waals surface area contributed by atoms with Crippen molar-refractivity contribution in [3.8, 4) is 0 Å². The maximum absolute atomic E-state index is 6.26. The molecule has 1 aromatic carbocycles. The zero-order valence-corrected chi connectivity index (χ0v) is 20.8. The van der Waals surface area contributed by atoms with Crippen LogP contribution in [-0.2, 0) is 13.1 Å². The molecule has 0 spiro atoms. The van der Waals surface area contributed by atoms with Gasteiger partial charge < -0.3 is 20.4 Å². The number of nitrogens with two attached hydrogens (primary N) is 1. The SMILES string of the molecule is CN1CCN(Cc2ccc(CN=C(N)N3CCN(c4nccs4)CC3)cc2)CC1.I. The zero-order chi connectivity index (χ0) is 20.1. The first-order valence-corrected chi connectivity index (χ1v) is 11.2. The van der Waals surface area contributed by atoms with Crippen LogP contribution in [0.5, 0.6) is 0 Å². The predicted molar refractivity (Wildman–Crippen MR) is 136 cm³/mol. The van der Waals surface area contributed by atoms with Crippen molar-refractivity contribution in [1.29, 1.82) is 0 Å². The Morgan fingerprint density at radius 2 is 1.67 bits per heavy atom. The quantitative estimate of drug-likeness (QED) is 0.356. The van der Waals surface area contributed by atoms with E-state index in [4.69, 9.17) is 5.73 Å². The van der Waals surface area contributed by atoms with Crippen LogP contribution in [0.15, 0.2) is 40.8 Å². The summed E-state index contributed by atoms with van der Waals surface area (Å²) in [6.45, 7) is 9.92. The largest absolute Gasteiger partial charge is 0.370 e. The number of guanidine groups is 1. The Morgan fingerprint density at radius 1 is 1.00 bits per heavy atom. The molecule has 30 heavy (non-hydrogen) atoms. The van der Waals surface area contributed by atoms with Gasteiger partial charge in [-0.2, -0.15) is 0 Å². The Morgan fingerprint density at radius 3 is 2.30 bits per heavy atom. The van der Waals surface area contributed by atoms with E-state index in [1.54, 1.807) is 11.3 Å². The fourth-order valence-electron chi connectivity index (χ4n) is 3.79. The number of hydrogen-bond donors (Lipinski definition) is 1. The van der Waals surface area contributed by atoms with E-state index in [9.17, 15) is 0 Å². The van der Waals surface area contributed by atoms with Gasteiger partial charge in [-0.15, -0.1) is 35.3 Å². The van der Waals surface area contributed by atoms with Gasteiger partial charge in [-0.1, -0.05) is 24.3 Å². The van der Waals surface area contributed by atoms with Crippen molar-refractivity contribution in [3.05, 3.63) is 47.0 Å². The molecular weight excluding hydrogens is 509 g/mol. The highest BCUT2D eigenvalue weighted by molar-refractivity contribution is 14.0. The van der Waals surface area contributed by atoms with Crippen molar-refractivity contribution >= 4 is 46.4 Å². The topological polar surface area (TPSA) is 64.2 Å². The van der Waals surface area contributed by atoms with Gasteiger partial charge in [0, 0.05) is 70.5 Å². The standard InChI is InChI=1S/C21H31N7S.HI/c1-25-7-9-26(10-8-25)17-19-4-2-18(3-5-19)16-24-20(22)27-11-13-28(14-12-27)21-23-6-15-29-21;/h2-6,15H,7-14,16-17H2,1H3,(H2,22,24);1H. The number of nitrogens with zero attached hydrogens (tertiary/aromatic N) is 6. The van der Waals surface area contributed by atoms with Gasteiger partial charge in [0.25, 0.3) is 0 Å². The minimum Gasteiger partial charge on any atom is -0.370 e. The van der Waals surface area contributed by atoms with E-state index in [1.807, 2.05) is 11.6 Å². The molecule has 0 saturated carbocycles. The van der Waals surface area contributed by atoms with E-state index < -0.39 is 0 Å². The van der Waals surface area contributed by atoms with Gasteiger partial charge in [0.1, 0.15) is 0 Å². The average molecular weight is 542 g/mol. The lowest BCUT2D eigenvalue weighted by molar-refractivity contribution is 0.148. The molecule has 0 bridgehead atoms. The number of hydrogen-bond acceptors (Lipinski definition) is 6. The predicted octanol–water partition coefficient (Wildman–Crippen LogP) is 2.15. The highest BCUT2D eigenvalue weighted by Crippen LogP contribution is 2.19. The molecule has 2 aliphatic rings. The third-order valence-corrected chi connectivity index (χ3v) is 6.57. The van der Waals surface area contributed by atoms with E-state index in [0.717, 1.165) is 64.0 Å². The van der Waals surface area contributed by atoms with Crippen LogP contribution in [0.25, 0.3) is 0 Å². The number of benzene rings is 1. The fraction of sp³-hybridized carbons (Fsp3) is 0.524. The van der Waals surface area contributed by atoms with Crippen LogP contribution in [0.1, 0.15) is 11.1 Å². The van der Waals surface area contributed by atoms with Crippen molar-refractivity contribution < 1.29 is 0 Å². The van der Waals surface area contributed by atoms with E-state index in [1.165, 1.54) is 11.1 Å². The third-order valence-electron chi connectivity index (χ3n) is 5.74. The monoisotopic (exact) mass is 541 g/mol. The Hall–Kier alpha value is -1.43. The van der Waals surface area contributed by atoms with Crippen LogP contribution in [0.3, 0.4) is 0 Å². The molecule has 2 aliphatic heterocycles. The normalized spacial score (nSPS) is 19.0. The molecule has 2 N–H and O–H groups in total. The molecule has 0 atom stereocenters. The number of thiazole rings is 1. The van der Waals surface area contributed by atoms with Gasteiger partial charge in [0.2, 0.25) is 0 Å². The first kappa shape index (κ1) is 23.2. The molecule has 7 nitrogen and oxygen atoms in total. The molecule has 4 rings (SSSR count). The molecule has 9 heteroatoms. The van der Waals surface area contributed by atoms with Gasteiger partial charge >= 0.3 is 0 Å². The van der Waals surface area contributed by atoms with Crippen LogP contribution in [0, 0.1) is 0 Å². The second-order valence-corrected chi connectivity index (χ2v) is 8.73. The van der Waals surface area contributed by atoms with E-state index in [2.05, 4.69) is 60.9 Å². The lowest BCUT2D eigenvalue weighted by Gasteiger charge is -2.35. The minimum atomic E-state index is 0. The van der Waals surface area contributed by atoms with Crippen LogP contribution in [0.4, 0.5) is 5.13 Å². The second-order valence-electron chi connectivity index (χ2n) is 7.86. The molecule has 2 saturated heterocycles. The lowest BCUT2D eigenvalue weighted by Crippen LogP contribution is -2.51. The molecule has 0 amide bonds. The summed E-state index contributed by atoms with van der Waals surface area (Å²) in [5.74, 6) is 0.644. The molecule has 2 fully saturated rings. The summed E-state index contributed by atoms with van der Waals surface area (Å²) in [5.41, 5.74) is 8.83. The number of aliphatic imine (C=N–C) groups is 1. The molecule has 2 aromatic rings. The van der Waals surface area contributed by atoms with Gasteiger partial charge in [-0.05, 0) is 18.2 Å². The van der Waals surface area contributed by atoms with Crippen molar-refractivity contribution in [2.45, 2.75) is 13.1 Å².